The number of nitrogens with one attached hydrogen (secondary N) is 1. The zero-order valence-electron chi connectivity index (χ0n) is 11.4. The molecular weight excluding hydrogens is 280 g/mol. The molecule has 112 valence electrons. The highest BCUT2D eigenvalue weighted by atomic mass is 35.5. The van der Waals surface area contributed by atoms with Crippen LogP contribution in [0.25, 0.3) is 6.08 Å². The number of amides is 1. The number of morpholine rings is 1. The van der Waals surface area contributed by atoms with E-state index in [1.54, 1.807) is 18.4 Å². The van der Waals surface area contributed by atoms with Gasteiger partial charge in [0, 0.05) is 25.7 Å². The molecule has 1 amide bonds. The summed E-state index contributed by atoms with van der Waals surface area (Å²) in [6.07, 6.45) is 5.70. The third-order valence-corrected chi connectivity index (χ3v) is 3.00. The average Bonchev–Trinajstić information content (AvgIpc) is 2.96. The smallest absolute Gasteiger partial charge is 0.244 e. The largest absolute Gasteiger partial charge is 0.465 e. The molecule has 2 heterocycles. The first kappa shape index (κ1) is 16.8. The van der Waals surface area contributed by atoms with Crippen LogP contribution in [0.15, 0.2) is 28.9 Å². The van der Waals surface area contributed by atoms with Crippen molar-refractivity contribution in [3.63, 3.8) is 0 Å². The van der Waals surface area contributed by atoms with Crippen LogP contribution in [0.4, 0.5) is 0 Å². The molecule has 2 rings (SSSR count). The molecule has 0 saturated carbocycles. The second-order valence-electron chi connectivity index (χ2n) is 4.45. The molecule has 20 heavy (non-hydrogen) atoms. The molecule has 1 aliphatic heterocycles. The SMILES string of the molecule is Cl.O=C(C=Cc1ccco1)NCCCN1CCOCC1. The highest BCUT2D eigenvalue weighted by Crippen LogP contribution is 2.01. The van der Waals surface area contributed by atoms with Gasteiger partial charge in [0.1, 0.15) is 5.76 Å². The Morgan fingerprint density at radius 1 is 1.40 bits per heavy atom. The molecular formula is C14H21ClN2O3. The molecule has 5 nitrogen and oxygen atoms in total. The monoisotopic (exact) mass is 300 g/mol. The summed E-state index contributed by atoms with van der Waals surface area (Å²) in [4.78, 5) is 13.9. The van der Waals surface area contributed by atoms with Gasteiger partial charge in [0.15, 0.2) is 0 Å². The van der Waals surface area contributed by atoms with E-state index in [4.69, 9.17) is 9.15 Å². The summed E-state index contributed by atoms with van der Waals surface area (Å²) < 4.78 is 10.4. The van der Waals surface area contributed by atoms with Crippen molar-refractivity contribution >= 4 is 24.4 Å². The minimum absolute atomic E-state index is 0. The maximum absolute atomic E-state index is 11.5. The van der Waals surface area contributed by atoms with Gasteiger partial charge < -0.3 is 14.5 Å². The number of hydrogen-bond donors (Lipinski definition) is 1. The Morgan fingerprint density at radius 3 is 2.90 bits per heavy atom. The van der Waals surface area contributed by atoms with Crippen LogP contribution in [-0.2, 0) is 9.53 Å². The van der Waals surface area contributed by atoms with E-state index < -0.39 is 0 Å². The Kier molecular flexibility index (Phi) is 8.02. The van der Waals surface area contributed by atoms with Gasteiger partial charge in [-0.2, -0.15) is 0 Å². The van der Waals surface area contributed by atoms with Crippen LogP contribution >= 0.6 is 12.4 Å². The lowest BCUT2D eigenvalue weighted by Gasteiger charge is -2.26. The third-order valence-electron chi connectivity index (χ3n) is 3.00. The van der Waals surface area contributed by atoms with Crippen molar-refractivity contribution in [2.24, 2.45) is 0 Å². The molecule has 0 bridgehead atoms. The van der Waals surface area contributed by atoms with E-state index in [-0.39, 0.29) is 18.3 Å². The number of carbonyl (C=O) groups is 1. The van der Waals surface area contributed by atoms with E-state index in [9.17, 15) is 4.79 Å². The van der Waals surface area contributed by atoms with Crippen molar-refractivity contribution in [3.8, 4) is 0 Å². The quantitative estimate of drug-likeness (QED) is 0.640. The molecule has 1 N–H and O–H groups in total. The number of halogens is 1. The highest BCUT2D eigenvalue weighted by molar-refractivity contribution is 5.91. The number of ether oxygens (including phenoxy) is 1. The lowest BCUT2D eigenvalue weighted by atomic mass is 10.3. The Labute approximate surface area is 125 Å². The summed E-state index contributed by atoms with van der Waals surface area (Å²) in [5.41, 5.74) is 0. The van der Waals surface area contributed by atoms with Gasteiger partial charge in [-0.15, -0.1) is 12.4 Å². The Balaban J connectivity index is 0.00000200. The van der Waals surface area contributed by atoms with Crippen LogP contribution in [-0.4, -0.2) is 50.2 Å². The average molecular weight is 301 g/mol. The van der Waals surface area contributed by atoms with Crippen molar-refractivity contribution in [1.29, 1.82) is 0 Å². The lowest BCUT2D eigenvalue weighted by Crippen LogP contribution is -2.38. The summed E-state index contributed by atoms with van der Waals surface area (Å²) in [6, 6.07) is 3.60. The lowest BCUT2D eigenvalue weighted by molar-refractivity contribution is -0.116. The minimum atomic E-state index is -0.0848. The fourth-order valence-electron chi connectivity index (χ4n) is 1.94. The first-order chi connectivity index (χ1) is 9.34. The third kappa shape index (κ3) is 6.23. The van der Waals surface area contributed by atoms with Gasteiger partial charge in [0.05, 0.1) is 19.5 Å². The molecule has 0 aromatic carbocycles. The summed E-state index contributed by atoms with van der Waals surface area (Å²) in [7, 11) is 0. The normalized spacial score (nSPS) is 16.0. The molecule has 0 spiro atoms. The van der Waals surface area contributed by atoms with Gasteiger partial charge in [-0.3, -0.25) is 9.69 Å². The van der Waals surface area contributed by atoms with E-state index in [1.807, 2.05) is 6.07 Å². The molecule has 1 aromatic rings. The van der Waals surface area contributed by atoms with E-state index in [2.05, 4.69) is 10.2 Å². The van der Waals surface area contributed by atoms with Crippen LogP contribution in [0.2, 0.25) is 0 Å². The van der Waals surface area contributed by atoms with E-state index >= 15 is 0 Å². The molecule has 1 aromatic heterocycles. The van der Waals surface area contributed by atoms with Crippen LogP contribution in [0.3, 0.4) is 0 Å². The van der Waals surface area contributed by atoms with Crippen LogP contribution in [0.5, 0.6) is 0 Å². The van der Waals surface area contributed by atoms with E-state index in [1.165, 1.54) is 6.08 Å². The number of carbonyl (C=O) groups excluding carboxylic acids is 1. The molecule has 1 fully saturated rings. The fourth-order valence-corrected chi connectivity index (χ4v) is 1.94. The summed E-state index contributed by atoms with van der Waals surface area (Å²) in [5, 5.41) is 2.86. The first-order valence-electron chi connectivity index (χ1n) is 6.64. The standard InChI is InChI=1S/C14H20N2O3.ClH/c17-14(5-4-13-3-1-10-19-13)15-6-2-7-16-8-11-18-12-9-16;/h1,3-5,10H,2,6-9,11-12H2,(H,15,17);1H. The number of nitrogens with zero attached hydrogens (tertiary/aromatic N) is 1. The summed E-state index contributed by atoms with van der Waals surface area (Å²) in [6.45, 7) is 5.32. The molecule has 0 aliphatic carbocycles. The molecule has 0 unspecified atom stereocenters. The zero-order chi connectivity index (χ0) is 13.3. The van der Waals surface area contributed by atoms with Gasteiger partial charge in [0.2, 0.25) is 5.91 Å². The predicted octanol–water partition coefficient (Wildman–Crippen LogP) is 1.55. The second kappa shape index (κ2) is 9.58. The fraction of sp³-hybridized carbons (Fsp3) is 0.500. The Morgan fingerprint density at radius 2 is 2.20 bits per heavy atom. The zero-order valence-corrected chi connectivity index (χ0v) is 12.2. The number of furan rings is 1. The second-order valence-corrected chi connectivity index (χ2v) is 4.45. The number of hydrogen-bond acceptors (Lipinski definition) is 4. The summed E-state index contributed by atoms with van der Waals surface area (Å²) in [5.74, 6) is 0.599. The van der Waals surface area contributed by atoms with Gasteiger partial charge in [-0.25, -0.2) is 0 Å². The minimum Gasteiger partial charge on any atom is -0.465 e. The van der Waals surface area contributed by atoms with E-state index in [0.717, 1.165) is 39.3 Å². The Bertz CT molecular complexity index is 401. The van der Waals surface area contributed by atoms with Crippen molar-refractivity contribution in [2.75, 3.05) is 39.4 Å². The van der Waals surface area contributed by atoms with Crippen molar-refractivity contribution in [2.45, 2.75) is 6.42 Å². The molecule has 0 radical (unpaired) electrons. The van der Waals surface area contributed by atoms with Gasteiger partial charge in [-0.1, -0.05) is 0 Å². The van der Waals surface area contributed by atoms with Crippen molar-refractivity contribution < 1.29 is 13.9 Å². The summed E-state index contributed by atoms with van der Waals surface area (Å²) >= 11 is 0. The predicted molar refractivity (Wildman–Crippen MR) is 79.9 cm³/mol. The van der Waals surface area contributed by atoms with Gasteiger partial charge in [0.25, 0.3) is 0 Å². The molecule has 6 heteroatoms. The van der Waals surface area contributed by atoms with Gasteiger partial charge >= 0.3 is 0 Å². The van der Waals surface area contributed by atoms with Crippen molar-refractivity contribution in [3.05, 3.63) is 30.2 Å². The first-order valence-corrected chi connectivity index (χ1v) is 6.64. The van der Waals surface area contributed by atoms with Crippen molar-refractivity contribution in [1.82, 2.24) is 10.2 Å². The molecule has 1 saturated heterocycles. The maximum atomic E-state index is 11.5. The maximum Gasteiger partial charge on any atom is 0.244 e. The highest BCUT2D eigenvalue weighted by Gasteiger charge is 2.09. The topological polar surface area (TPSA) is 54.7 Å². The van der Waals surface area contributed by atoms with E-state index in [0.29, 0.717) is 12.3 Å². The van der Waals surface area contributed by atoms with Crippen LogP contribution in [0.1, 0.15) is 12.2 Å². The van der Waals surface area contributed by atoms with Gasteiger partial charge in [-0.05, 0) is 31.2 Å². The van der Waals surface area contributed by atoms with Crippen LogP contribution < -0.4 is 5.32 Å². The van der Waals surface area contributed by atoms with Crippen LogP contribution in [0, 0.1) is 0 Å². The number of rotatable bonds is 6. The molecule has 0 atom stereocenters. The Hall–Kier alpha value is -1.30. The molecule has 1 aliphatic rings.